The summed E-state index contributed by atoms with van der Waals surface area (Å²) in [6.45, 7) is 4.18. The summed E-state index contributed by atoms with van der Waals surface area (Å²) in [5, 5.41) is 9.62. The molecule has 2 aliphatic heterocycles. The number of rotatable bonds is 10. The monoisotopic (exact) mass is 670 g/mol. The lowest BCUT2D eigenvalue weighted by atomic mass is 9.89. The summed E-state index contributed by atoms with van der Waals surface area (Å²) in [7, 11) is 0. The minimum Gasteiger partial charge on any atom is -0.480 e. The average Bonchev–Trinajstić information content (AvgIpc) is 3.84. The van der Waals surface area contributed by atoms with Crippen molar-refractivity contribution in [3.05, 3.63) is 89.0 Å². The molecule has 0 saturated carbocycles. The fraction of sp³-hybridized carbons (Fsp3) is 0.342. The number of aliphatic carboxylic acids is 1. The number of halogens is 3. The van der Waals surface area contributed by atoms with Gasteiger partial charge in [-0.2, -0.15) is 8.78 Å². The van der Waals surface area contributed by atoms with Gasteiger partial charge in [0.15, 0.2) is 5.58 Å². The Morgan fingerprint density at radius 3 is 2.29 bits per heavy atom. The van der Waals surface area contributed by atoms with Crippen LogP contribution in [0.15, 0.2) is 65.2 Å². The highest BCUT2D eigenvalue weighted by atomic mass is 19.3. The van der Waals surface area contributed by atoms with Crippen LogP contribution in [0.2, 0.25) is 0 Å². The van der Waals surface area contributed by atoms with E-state index in [-0.39, 0.29) is 23.7 Å². The second-order valence-electron chi connectivity index (χ2n) is 12.9. The fourth-order valence-corrected chi connectivity index (χ4v) is 7.26. The number of hydrogen-bond acceptors (Lipinski definition) is 7. The molecule has 11 heteroatoms. The number of alkyl halides is 2. The average molecular weight is 671 g/mol. The van der Waals surface area contributed by atoms with Gasteiger partial charge in [-0.05, 0) is 105 Å². The van der Waals surface area contributed by atoms with Gasteiger partial charge in [0.1, 0.15) is 23.1 Å². The molecule has 1 N–H and O–H groups in total. The summed E-state index contributed by atoms with van der Waals surface area (Å²) in [4.78, 5) is 25.1. The van der Waals surface area contributed by atoms with Crippen LogP contribution in [0.1, 0.15) is 48.1 Å². The van der Waals surface area contributed by atoms with Crippen molar-refractivity contribution in [2.24, 2.45) is 0 Å². The van der Waals surface area contributed by atoms with Gasteiger partial charge in [0.25, 0.3) is 0 Å². The first kappa shape index (κ1) is 32.8. The minimum absolute atomic E-state index is 0.0787. The standard InChI is InChI=1S/C38H37F3N4O4/c1-22-26(8-5-10-28(22)30-19-42-25(17-31(30)39)21-44-13-3-4-14-44)27-9-6-11-29(23(27)2)36-43-32-16-24(20-45-15-7-12-33(45)37(46)47)34(49-38(40)41)18-35(32)48-36/h5-6,8-11,16-19,33,38H,3-4,7,12-15,20-21H2,1-2H3,(H,46,47)/t33-/m0/s1. The topological polar surface area (TPSA) is 91.9 Å². The van der Waals surface area contributed by atoms with E-state index >= 15 is 4.39 Å². The molecular formula is C38H37F3N4O4. The molecule has 2 aromatic heterocycles. The lowest BCUT2D eigenvalue weighted by Crippen LogP contribution is -2.35. The number of pyridine rings is 1. The van der Waals surface area contributed by atoms with Gasteiger partial charge >= 0.3 is 12.6 Å². The Bertz CT molecular complexity index is 2020. The molecule has 0 bridgehead atoms. The molecular weight excluding hydrogens is 633 g/mol. The van der Waals surface area contributed by atoms with Gasteiger partial charge < -0.3 is 14.3 Å². The van der Waals surface area contributed by atoms with E-state index in [2.05, 4.69) is 9.88 Å². The van der Waals surface area contributed by atoms with Crippen LogP contribution in [0.25, 0.3) is 44.8 Å². The Hall–Kier alpha value is -4.74. The molecule has 7 rings (SSSR count). The number of carbonyl (C=O) groups is 1. The molecule has 2 aliphatic rings. The minimum atomic E-state index is -3.07. The zero-order valence-corrected chi connectivity index (χ0v) is 27.4. The van der Waals surface area contributed by atoms with E-state index in [1.165, 1.54) is 12.1 Å². The van der Waals surface area contributed by atoms with Gasteiger partial charge in [0.2, 0.25) is 5.89 Å². The van der Waals surface area contributed by atoms with Gasteiger partial charge in [-0.3, -0.25) is 19.6 Å². The summed E-state index contributed by atoms with van der Waals surface area (Å²) in [6, 6.07) is 15.4. The molecule has 0 aliphatic carbocycles. The van der Waals surface area contributed by atoms with Gasteiger partial charge in [0.05, 0.1) is 5.69 Å². The summed E-state index contributed by atoms with van der Waals surface area (Å²) in [5.74, 6) is -1.02. The number of oxazole rings is 1. The smallest absolute Gasteiger partial charge is 0.387 e. The molecule has 4 heterocycles. The van der Waals surface area contributed by atoms with Crippen molar-refractivity contribution in [2.45, 2.75) is 65.3 Å². The third-order valence-corrected chi connectivity index (χ3v) is 9.78. The van der Waals surface area contributed by atoms with Crippen LogP contribution in [0.5, 0.6) is 5.75 Å². The van der Waals surface area contributed by atoms with Crippen LogP contribution in [0, 0.1) is 19.7 Å². The van der Waals surface area contributed by atoms with Crippen LogP contribution in [-0.2, 0) is 17.9 Å². The maximum atomic E-state index is 15.5. The highest BCUT2D eigenvalue weighted by Gasteiger charge is 2.31. The number of carboxylic acid groups (broad SMARTS) is 1. The molecule has 3 aromatic carbocycles. The first-order chi connectivity index (χ1) is 23.7. The molecule has 2 fully saturated rings. The second-order valence-corrected chi connectivity index (χ2v) is 12.9. The van der Waals surface area contributed by atoms with Crippen LogP contribution >= 0.6 is 0 Å². The van der Waals surface area contributed by atoms with Crippen LogP contribution < -0.4 is 4.74 Å². The van der Waals surface area contributed by atoms with Crippen molar-refractivity contribution in [1.82, 2.24) is 19.8 Å². The van der Waals surface area contributed by atoms with E-state index in [9.17, 15) is 18.7 Å². The van der Waals surface area contributed by atoms with E-state index in [0.717, 1.165) is 59.4 Å². The molecule has 8 nitrogen and oxygen atoms in total. The number of fused-ring (bicyclic) bond motifs is 1. The lowest BCUT2D eigenvalue weighted by molar-refractivity contribution is -0.142. The van der Waals surface area contributed by atoms with Crippen LogP contribution in [0.4, 0.5) is 13.2 Å². The van der Waals surface area contributed by atoms with Crippen molar-refractivity contribution >= 4 is 17.1 Å². The number of hydrogen-bond donors (Lipinski definition) is 1. The number of benzene rings is 3. The van der Waals surface area contributed by atoms with Crippen molar-refractivity contribution in [3.63, 3.8) is 0 Å². The van der Waals surface area contributed by atoms with Gasteiger partial charge in [-0.15, -0.1) is 0 Å². The molecule has 2 saturated heterocycles. The number of aromatic nitrogens is 2. The van der Waals surface area contributed by atoms with E-state index in [1.807, 2.05) is 50.2 Å². The summed E-state index contributed by atoms with van der Waals surface area (Å²) in [5.41, 5.74) is 7.35. The third kappa shape index (κ3) is 6.65. The summed E-state index contributed by atoms with van der Waals surface area (Å²) < 4.78 is 53.4. The zero-order chi connectivity index (χ0) is 34.2. The van der Waals surface area contributed by atoms with Gasteiger partial charge in [-0.25, -0.2) is 9.37 Å². The predicted molar refractivity (Wildman–Crippen MR) is 180 cm³/mol. The first-order valence-electron chi connectivity index (χ1n) is 16.6. The molecule has 0 radical (unpaired) electrons. The van der Waals surface area contributed by atoms with E-state index < -0.39 is 18.6 Å². The number of likely N-dealkylation sites (tertiary alicyclic amines) is 2. The van der Waals surface area contributed by atoms with Gasteiger partial charge in [0, 0.05) is 42.0 Å². The molecule has 1 atom stereocenters. The summed E-state index contributed by atoms with van der Waals surface area (Å²) in [6.07, 6.45) is 5.14. The Kier molecular flexibility index (Phi) is 9.13. The van der Waals surface area contributed by atoms with Crippen LogP contribution in [-0.4, -0.2) is 63.1 Å². The highest BCUT2D eigenvalue weighted by Crippen LogP contribution is 2.39. The van der Waals surface area contributed by atoms with Crippen molar-refractivity contribution < 1.29 is 32.2 Å². The molecule has 0 unspecified atom stereocenters. The molecule has 5 aromatic rings. The third-order valence-electron chi connectivity index (χ3n) is 9.78. The Labute approximate surface area is 282 Å². The molecule has 0 spiro atoms. The van der Waals surface area contributed by atoms with E-state index in [1.54, 1.807) is 17.2 Å². The van der Waals surface area contributed by atoms with Crippen molar-refractivity contribution in [2.75, 3.05) is 19.6 Å². The molecule has 0 amide bonds. The maximum absolute atomic E-state index is 15.5. The summed E-state index contributed by atoms with van der Waals surface area (Å²) >= 11 is 0. The van der Waals surface area contributed by atoms with E-state index in [0.29, 0.717) is 54.0 Å². The van der Waals surface area contributed by atoms with Crippen molar-refractivity contribution in [3.8, 4) is 39.5 Å². The number of carboxylic acids is 1. The lowest BCUT2D eigenvalue weighted by Gasteiger charge is -2.22. The van der Waals surface area contributed by atoms with Gasteiger partial charge in [-0.1, -0.05) is 30.3 Å². The Morgan fingerprint density at radius 2 is 1.61 bits per heavy atom. The zero-order valence-electron chi connectivity index (χ0n) is 27.4. The normalized spacial score (nSPS) is 17.1. The predicted octanol–water partition coefficient (Wildman–Crippen LogP) is 8.23. The maximum Gasteiger partial charge on any atom is 0.387 e. The molecule has 49 heavy (non-hydrogen) atoms. The highest BCUT2D eigenvalue weighted by molar-refractivity contribution is 5.84. The van der Waals surface area contributed by atoms with Crippen LogP contribution in [0.3, 0.4) is 0 Å². The largest absolute Gasteiger partial charge is 0.480 e. The quantitative estimate of drug-likeness (QED) is 0.159. The number of nitrogens with zero attached hydrogens (tertiary/aromatic N) is 4. The Balaban J connectivity index is 1.21. The fourth-order valence-electron chi connectivity index (χ4n) is 7.26. The second kappa shape index (κ2) is 13.6. The first-order valence-corrected chi connectivity index (χ1v) is 16.6. The SMILES string of the molecule is Cc1c(-c2nc3cc(CN4CCC[C@H]4C(=O)O)c(OC(F)F)cc3o2)cccc1-c1cccc(-c2cnc(CN3CCCC3)cc2F)c1C. The van der Waals surface area contributed by atoms with E-state index in [4.69, 9.17) is 14.1 Å². The molecule has 254 valence electrons. The van der Waals surface area contributed by atoms with Crippen molar-refractivity contribution in [1.29, 1.82) is 0 Å². The Morgan fingerprint density at radius 1 is 0.939 bits per heavy atom. The number of ether oxygens (including phenoxy) is 1.